The summed E-state index contributed by atoms with van der Waals surface area (Å²) in [6.07, 6.45) is -0.322. The monoisotopic (exact) mass is 352 g/mol. The Balaban J connectivity index is 1.19. The maximum atomic E-state index is 12.3. The van der Waals surface area contributed by atoms with Gasteiger partial charge in [-0.2, -0.15) is 13.2 Å². The molecule has 134 valence electrons. The molecule has 1 fully saturated rings. The van der Waals surface area contributed by atoms with E-state index in [4.69, 9.17) is 0 Å². The van der Waals surface area contributed by atoms with Crippen molar-refractivity contribution in [1.82, 2.24) is 10.2 Å². The summed E-state index contributed by atoms with van der Waals surface area (Å²) >= 11 is 0. The van der Waals surface area contributed by atoms with Crippen LogP contribution < -0.4 is 5.32 Å². The number of hydrogen-bond donors (Lipinski definition) is 1. The van der Waals surface area contributed by atoms with Crippen molar-refractivity contribution in [2.24, 2.45) is 16.1 Å². The van der Waals surface area contributed by atoms with Gasteiger partial charge in [0.15, 0.2) is 5.71 Å². The Labute approximate surface area is 143 Å². The quantitative estimate of drug-likeness (QED) is 0.825. The van der Waals surface area contributed by atoms with Crippen LogP contribution in [0.1, 0.15) is 25.7 Å². The fraction of sp³-hybridized carbons (Fsp3) is 0.588. The fourth-order valence-corrected chi connectivity index (χ4v) is 3.56. The van der Waals surface area contributed by atoms with Crippen LogP contribution in [0.25, 0.3) is 0 Å². The minimum absolute atomic E-state index is 0.0608. The van der Waals surface area contributed by atoms with Crippen molar-refractivity contribution in [3.63, 3.8) is 0 Å². The number of piperidine rings is 1. The summed E-state index contributed by atoms with van der Waals surface area (Å²) in [6.45, 7) is 1.88. The maximum absolute atomic E-state index is 12.3. The van der Waals surface area contributed by atoms with Gasteiger partial charge in [0.05, 0.1) is 12.1 Å². The van der Waals surface area contributed by atoms with Crippen LogP contribution in [0.4, 0.5) is 13.2 Å². The van der Waals surface area contributed by atoms with Crippen LogP contribution in [-0.4, -0.2) is 54.6 Å². The number of nitrogens with one attached hydrogen (secondary N) is 1. The van der Waals surface area contributed by atoms with Crippen LogP contribution in [0, 0.1) is 5.92 Å². The van der Waals surface area contributed by atoms with Crippen LogP contribution in [-0.2, 0) is 4.79 Å². The van der Waals surface area contributed by atoms with Gasteiger partial charge in [-0.1, -0.05) is 0 Å². The van der Waals surface area contributed by atoms with Crippen LogP contribution in [0.3, 0.4) is 0 Å². The van der Waals surface area contributed by atoms with Crippen molar-refractivity contribution in [3.05, 3.63) is 22.8 Å². The molecule has 0 spiro atoms. The Kier molecular flexibility index (Phi) is 4.02. The number of alkyl halides is 3. The molecule has 4 rings (SSSR count). The molecule has 25 heavy (non-hydrogen) atoms. The van der Waals surface area contributed by atoms with Crippen LogP contribution in [0.5, 0.6) is 0 Å². The molecule has 2 heterocycles. The third-order valence-electron chi connectivity index (χ3n) is 5.18. The lowest BCUT2D eigenvalue weighted by molar-refractivity contribution is -0.138. The average Bonchev–Trinajstić information content (AvgIpc) is 3.05. The van der Waals surface area contributed by atoms with E-state index < -0.39 is 12.6 Å². The Morgan fingerprint density at radius 3 is 2.76 bits per heavy atom. The highest BCUT2D eigenvalue weighted by molar-refractivity contribution is 6.56. The van der Waals surface area contributed by atoms with Gasteiger partial charge in [0, 0.05) is 25.1 Å². The molecule has 0 aromatic carbocycles. The minimum Gasteiger partial charge on any atom is -0.350 e. The molecule has 0 aromatic heterocycles. The molecule has 0 unspecified atom stereocenters. The normalized spacial score (nSPS) is 23.1. The molecule has 1 amide bonds. The molecule has 0 saturated carbocycles. The predicted molar refractivity (Wildman–Crippen MR) is 87.4 cm³/mol. The summed E-state index contributed by atoms with van der Waals surface area (Å²) in [4.78, 5) is 14.2. The van der Waals surface area contributed by atoms with Gasteiger partial charge in [-0.15, -0.1) is 10.2 Å². The zero-order valence-electron chi connectivity index (χ0n) is 13.7. The molecule has 5 nitrogen and oxygen atoms in total. The highest BCUT2D eigenvalue weighted by Crippen LogP contribution is 2.43. The van der Waals surface area contributed by atoms with Crippen molar-refractivity contribution in [2.45, 2.75) is 31.9 Å². The van der Waals surface area contributed by atoms with E-state index in [1.807, 2.05) is 11.0 Å². The third kappa shape index (κ3) is 3.53. The van der Waals surface area contributed by atoms with Crippen molar-refractivity contribution < 1.29 is 18.0 Å². The molecule has 0 bridgehead atoms. The van der Waals surface area contributed by atoms with E-state index in [0.717, 1.165) is 30.5 Å². The number of allylic oxidation sites excluding steroid dienone is 3. The summed E-state index contributed by atoms with van der Waals surface area (Å²) in [5.74, 6) is 0.0789. The Morgan fingerprint density at radius 2 is 2.04 bits per heavy atom. The van der Waals surface area contributed by atoms with Gasteiger partial charge in [-0.3, -0.25) is 4.79 Å². The lowest BCUT2D eigenvalue weighted by atomic mass is 9.96. The van der Waals surface area contributed by atoms with Gasteiger partial charge in [-0.05, 0) is 49.1 Å². The standard InChI is InChI=1S/C17H19F3N4O/c18-17(19,20)3-6-24-4-1-10(2-5-24)9-21-16(25)15-13-8-11-7-12(11)14(13)22-23-15/h8,10H,1-7,9H2,(H,21,25). The number of fused-ring (bicyclic) bond motifs is 2. The second-order valence-corrected chi connectivity index (χ2v) is 7.00. The summed E-state index contributed by atoms with van der Waals surface area (Å²) in [5.41, 5.74) is 4.51. The molecular formula is C17H19F3N4O. The van der Waals surface area contributed by atoms with Gasteiger partial charge >= 0.3 is 6.18 Å². The first-order valence-electron chi connectivity index (χ1n) is 8.58. The summed E-state index contributed by atoms with van der Waals surface area (Å²) < 4.78 is 36.8. The van der Waals surface area contributed by atoms with E-state index in [9.17, 15) is 18.0 Å². The van der Waals surface area contributed by atoms with Gasteiger partial charge in [-0.25, -0.2) is 0 Å². The molecular weight excluding hydrogens is 333 g/mol. The van der Waals surface area contributed by atoms with E-state index in [-0.39, 0.29) is 12.5 Å². The summed E-state index contributed by atoms with van der Waals surface area (Å²) in [7, 11) is 0. The fourth-order valence-electron chi connectivity index (χ4n) is 3.56. The Hall–Kier alpha value is -1.96. The predicted octanol–water partition coefficient (Wildman–Crippen LogP) is 2.22. The highest BCUT2D eigenvalue weighted by atomic mass is 19.4. The lowest BCUT2D eigenvalue weighted by Crippen LogP contribution is -2.41. The van der Waals surface area contributed by atoms with E-state index in [2.05, 4.69) is 15.5 Å². The molecule has 1 saturated heterocycles. The summed E-state index contributed by atoms with van der Waals surface area (Å²) in [6, 6.07) is 0. The van der Waals surface area contributed by atoms with Crippen molar-refractivity contribution in [1.29, 1.82) is 0 Å². The van der Waals surface area contributed by atoms with Crippen LogP contribution >= 0.6 is 0 Å². The van der Waals surface area contributed by atoms with E-state index in [1.165, 1.54) is 11.1 Å². The van der Waals surface area contributed by atoms with Crippen molar-refractivity contribution >= 4 is 17.3 Å². The molecule has 0 aromatic rings. The topological polar surface area (TPSA) is 57.1 Å². The number of rotatable bonds is 5. The number of carbonyl (C=O) groups is 1. The highest BCUT2D eigenvalue weighted by Gasteiger charge is 2.40. The van der Waals surface area contributed by atoms with Gasteiger partial charge in [0.25, 0.3) is 5.91 Å². The number of nitrogens with zero attached hydrogens (tertiary/aromatic N) is 3. The smallest absolute Gasteiger partial charge is 0.350 e. The van der Waals surface area contributed by atoms with Crippen molar-refractivity contribution in [2.75, 3.05) is 26.2 Å². The van der Waals surface area contributed by atoms with Crippen LogP contribution in [0.15, 0.2) is 33.0 Å². The Bertz CT molecular complexity index is 725. The molecule has 8 heteroatoms. The van der Waals surface area contributed by atoms with E-state index >= 15 is 0 Å². The first-order valence-corrected chi connectivity index (χ1v) is 8.58. The number of carbonyl (C=O) groups excluding carboxylic acids is 1. The lowest BCUT2D eigenvalue weighted by Gasteiger charge is -2.32. The van der Waals surface area contributed by atoms with Gasteiger partial charge in [0.1, 0.15) is 0 Å². The third-order valence-corrected chi connectivity index (χ3v) is 5.18. The van der Waals surface area contributed by atoms with Crippen LogP contribution in [0.2, 0.25) is 0 Å². The molecule has 2 aliphatic heterocycles. The van der Waals surface area contributed by atoms with E-state index in [1.54, 1.807) is 0 Å². The largest absolute Gasteiger partial charge is 0.390 e. The molecule has 1 N–H and O–H groups in total. The SMILES string of the molecule is O=C(NCC1CCN(CCC(F)(F)F)CC1)C1=NN=C2C1=CC1=C2C1. The second kappa shape index (κ2) is 6.09. The number of amides is 1. The number of halogens is 3. The van der Waals surface area contributed by atoms with Crippen molar-refractivity contribution in [3.8, 4) is 0 Å². The average molecular weight is 352 g/mol. The summed E-state index contributed by atoms with van der Waals surface area (Å²) in [5, 5.41) is 11.0. The molecule has 0 radical (unpaired) electrons. The minimum atomic E-state index is -4.10. The molecule has 0 atom stereocenters. The Morgan fingerprint density at radius 1 is 1.28 bits per heavy atom. The maximum Gasteiger partial charge on any atom is 0.390 e. The zero-order valence-corrected chi connectivity index (χ0v) is 13.7. The number of hydrogen-bond acceptors (Lipinski definition) is 4. The van der Waals surface area contributed by atoms with Gasteiger partial charge < -0.3 is 10.2 Å². The van der Waals surface area contributed by atoms with Gasteiger partial charge in [0.2, 0.25) is 0 Å². The molecule has 2 aliphatic carbocycles. The zero-order chi connectivity index (χ0) is 17.6. The first kappa shape index (κ1) is 16.5. The number of likely N-dealkylation sites (tertiary alicyclic amines) is 1. The van der Waals surface area contributed by atoms with E-state index in [0.29, 0.717) is 31.3 Å². The first-order chi connectivity index (χ1) is 11.9. The second-order valence-electron chi connectivity index (χ2n) is 7.00. The molecule has 4 aliphatic rings.